The molecule has 2 aromatic heterocycles. The quantitative estimate of drug-likeness (QED) is 0.659. The van der Waals surface area contributed by atoms with Crippen molar-refractivity contribution >= 4 is 11.6 Å². The average molecular weight is 161 g/mol. The van der Waals surface area contributed by atoms with Gasteiger partial charge in [-0.15, -0.1) is 0 Å². The Morgan fingerprint density at radius 3 is 3.08 bits per heavy atom. The van der Waals surface area contributed by atoms with Crippen LogP contribution in [0.1, 0.15) is 10.5 Å². The van der Waals surface area contributed by atoms with Gasteiger partial charge in [0.1, 0.15) is 11.3 Å². The number of amides is 1. The molecule has 0 bridgehead atoms. The van der Waals surface area contributed by atoms with Crippen molar-refractivity contribution in [2.24, 2.45) is 5.73 Å². The molecule has 0 atom stereocenters. The molecule has 2 rings (SSSR count). The largest absolute Gasteiger partial charge is 0.364 e. The van der Waals surface area contributed by atoms with E-state index in [9.17, 15) is 4.79 Å². The van der Waals surface area contributed by atoms with Crippen LogP contribution in [-0.4, -0.2) is 15.3 Å². The van der Waals surface area contributed by atoms with Gasteiger partial charge in [-0.3, -0.25) is 9.20 Å². The molecule has 12 heavy (non-hydrogen) atoms. The van der Waals surface area contributed by atoms with Gasteiger partial charge in [-0.05, 0) is 12.1 Å². The minimum Gasteiger partial charge on any atom is -0.364 e. The van der Waals surface area contributed by atoms with Crippen molar-refractivity contribution in [1.82, 2.24) is 9.38 Å². The van der Waals surface area contributed by atoms with Gasteiger partial charge >= 0.3 is 0 Å². The first kappa shape index (κ1) is 6.84. The first-order valence-corrected chi connectivity index (χ1v) is 3.51. The zero-order valence-corrected chi connectivity index (χ0v) is 6.27. The molecule has 2 N–H and O–H groups in total. The van der Waals surface area contributed by atoms with E-state index in [0.717, 1.165) is 5.65 Å². The summed E-state index contributed by atoms with van der Waals surface area (Å²) >= 11 is 0. The number of fused-ring (bicyclic) bond motifs is 1. The van der Waals surface area contributed by atoms with Crippen LogP contribution in [0.3, 0.4) is 0 Å². The standard InChI is InChI=1S/C8H7N3O/c9-8(12)6-2-1-3-7-10-4-5-11(6)7/h1-5H,(H2,9,12). The highest BCUT2D eigenvalue weighted by Gasteiger charge is 2.04. The lowest BCUT2D eigenvalue weighted by Crippen LogP contribution is -2.14. The molecular weight excluding hydrogens is 154 g/mol. The number of hydrogen-bond donors (Lipinski definition) is 1. The number of aromatic nitrogens is 2. The Bertz CT molecular complexity index is 433. The van der Waals surface area contributed by atoms with E-state index in [1.165, 1.54) is 0 Å². The molecule has 0 unspecified atom stereocenters. The number of carbonyl (C=O) groups is 1. The Hall–Kier alpha value is -1.84. The average Bonchev–Trinajstić information content (AvgIpc) is 2.49. The highest BCUT2D eigenvalue weighted by Crippen LogP contribution is 2.04. The third-order valence-corrected chi connectivity index (χ3v) is 1.68. The second-order valence-electron chi connectivity index (χ2n) is 2.43. The molecule has 0 aromatic carbocycles. The van der Waals surface area contributed by atoms with Crippen molar-refractivity contribution in [1.29, 1.82) is 0 Å². The number of hydrogen-bond acceptors (Lipinski definition) is 2. The summed E-state index contributed by atoms with van der Waals surface area (Å²) in [6.45, 7) is 0. The van der Waals surface area contributed by atoms with Crippen LogP contribution >= 0.6 is 0 Å². The van der Waals surface area contributed by atoms with Crippen LogP contribution in [0.15, 0.2) is 30.6 Å². The fourth-order valence-corrected chi connectivity index (χ4v) is 1.15. The number of nitrogens with two attached hydrogens (primary N) is 1. The Kier molecular flexibility index (Phi) is 1.33. The number of pyridine rings is 1. The lowest BCUT2D eigenvalue weighted by Gasteiger charge is -1.98. The molecule has 0 saturated carbocycles. The molecule has 0 aliphatic rings. The second-order valence-corrected chi connectivity index (χ2v) is 2.43. The summed E-state index contributed by atoms with van der Waals surface area (Å²) < 4.78 is 1.66. The predicted octanol–water partition coefficient (Wildman–Crippen LogP) is 0.433. The van der Waals surface area contributed by atoms with E-state index < -0.39 is 5.91 Å². The van der Waals surface area contributed by atoms with E-state index in [-0.39, 0.29) is 0 Å². The first-order valence-electron chi connectivity index (χ1n) is 3.51. The van der Waals surface area contributed by atoms with Crippen LogP contribution in [0.25, 0.3) is 5.65 Å². The van der Waals surface area contributed by atoms with Crippen molar-refractivity contribution in [2.45, 2.75) is 0 Å². The smallest absolute Gasteiger partial charge is 0.265 e. The monoisotopic (exact) mass is 161 g/mol. The molecule has 4 nitrogen and oxygen atoms in total. The molecular formula is C8H7N3O. The summed E-state index contributed by atoms with van der Waals surface area (Å²) in [4.78, 5) is 14.9. The minimum atomic E-state index is -0.446. The third-order valence-electron chi connectivity index (χ3n) is 1.68. The summed E-state index contributed by atoms with van der Waals surface area (Å²) in [6, 6.07) is 5.23. The van der Waals surface area contributed by atoms with Gasteiger partial charge in [0.2, 0.25) is 0 Å². The number of rotatable bonds is 1. The molecule has 0 aliphatic carbocycles. The summed E-state index contributed by atoms with van der Waals surface area (Å²) in [7, 11) is 0. The molecule has 0 fully saturated rings. The van der Waals surface area contributed by atoms with E-state index in [4.69, 9.17) is 5.73 Å². The first-order chi connectivity index (χ1) is 5.79. The predicted molar refractivity (Wildman–Crippen MR) is 43.7 cm³/mol. The maximum atomic E-state index is 10.9. The molecule has 0 spiro atoms. The highest BCUT2D eigenvalue weighted by molar-refractivity contribution is 5.91. The number of primary amides is 1. The maximum Gasteiger partial charge on any atom is 0.265 e. The Balaban J connectivity index is 2.82. The zero-order valence-electron chi connectivity index (χ0n) is 6.27. The van der Waals surface area contributed by atoms with E-state index in [1.54, 1.807) is 28.9 Å². The van der Waals surface area contributed by atoms with Gasteiger partial charge in [0.25, 0.3) is 5.91 Å². The van der Waals surface area contributed by atoms with Crippen LogP contribution in [0.5, 0.6) is 0 Å². The van der Waals surface area contributed by atoms with Crippen molar-refractivity contribution in [3.05, 3.63) is 36.3 Å². The topological polar surface area (TPSA) is 60.4 Å². The van der Waals surface area contributed by atoms with E-state index in [0.29, 0.717) is 5.69 Å². The molecule has 0 radical (unpaired) electrons. The van der Waals surface area contributed by atoms with Crippen LogP contribution in [-0.2, 0) is 0 Å². The Morgan fingerprint density at radius 2 is 2.33 bits per heavy atom. The number of carbonyl (C=O) groups excluding carboxylic acids is 1. The zero-order chi connectivity index (χ0) is 8.55. The van der Waals surface area contributed by atoms with Crippen molar-refractivity contribution < 1.29 is 4.79 Å². The lowest BCUT2D eigenvalue weighted by atomic mass is 10.3. The van der Waals surface area contributed by atoms with Crippen LogP contribution < -0.4 is 5.73 Å². The van der Waals surface area contributed by atoms with Gasteiger partial charge in [-0.25, -0.2) is 4.98 Å². The van der Waals surface area contributed by atoms with Crippen LogP contribution in [0.4, 0.5) is 0 Å². The van der Waals surface area contributed by atoms with Gasteiger partial charge in [-0.2, -0.15) is 0 Å². The van der Waals surface area contributed by atoms with Gasteiger partial charge < -0.3 is 5.73 Å². The van der Waals surface area contributed by atoms with Crippen molar-refractivity contribution in [3.8, 4) is 0 Å². The molecule has 1 amide bonds. The van der Waals surface area contributed by atoms with E-state index in [2.05, 4.69) is 4.98 Å². The van der Waals surface area contributed by atoms with Crippen LogP contribution in [0, 0.1) is 0 Å². The summed E-state index contributed by atoms with van der Waals surface area (Å²) in [5.74, 6) is -0.446. The lowest BCUT2D eigenvalue weighted by molar-refractivity contribution is 0.0994. The minimum absolute atomic E-state index is 0.446. The van der Waals surface area contributed by atoms with E-state index in [1.807, 2.05) is 6.07 Å². The van der Waals surface area contributed by atoms with Crippen molar-refractivity contribution in [2.75, 3.05) is 0 Å². The molecule has 0 saturated heterocycles. The molecule has 4 heteroatoms. The molecule has 0 aliphatic heterocycles. The van der Waals surface area contributed by atoms with E-state index >= 15 is 0 Å². The maximum absolute atomic E-state index is 10.9. The summed E-state index contributed by atoms with van der Waals surface area (Å²) in [5.41, 5.74) is 6.33. The number of imidazole rings is 1. The summed E-state index contributed by atoms with van der Waals surface area (Å²) in [6.07, 6.45) is 3.33. The molecule has 60 valence electrons. The molecule has 2 heterocycles. The Labute approximate surface area is 68.6 Å². The van der Waals surface area contributed by atoms with Crippen LogP contribution in [0.2, 0.25) is 0 Å². The Morgan fingerprint density at radius 1 is 1.50 bits per heavy atom. The van der Waals surface area contributed by atoms with Crippen molar-refractivity contribution in [3.63, 3.8) is 0 Å². The summed E-state index contributed by atoms with van der Waals surface area (Å²) in [5, 5.41) is 0. The third kappa shape index (κ3) is 0.852. The fourth-order valence-electron chi connectivity index (χ4n) is 1.15. The fraction of sp³-hybridized carbons (Fsp3) is 0. The van der Waals surface area contributed by atoms with Gasteiger partial charge in [-0.1, -0.05) is 6.07 Å². The number of nitrogens with zero attached hydrogens (tertiary/aromatic N) is 2. The van der Waals surface area contributed by atoms with Gasteiger partial charge in [0.15, 0.2) is 0 Å². The molecule has 2 aromatic rings. The normalized spacial score (nSPS) is 10.3. The SMILES string of the molecule is NC(=O)c1cccc2nccn12. The van der Waals surface area contributed by atoms with Gasteiger partial charge in [0, 0.05) is 12.4 Å². The second kappa shape index (κ2) is 2.34. The van der Waals surface area contributed by atoms with Gasteiger partial charge in [0.05, 0.1) is 0 Å². The highest BCUT2D eigenvalue weighted by atomic mass is 16.1.